The number of carbonyl (C=O) groups excluding carboxylic acids is 1. The number of aliphatic carboxylic acids is 1. The number of esters is 1. The minimum atomic E-state index is -0.881. The smallest absolute Gasteiger partial charge is 0.321 e. The van der Waals surface area contributed by atoms with Gasteiger partial charge in [0.05, 0.1) is 12.0 Å². The summed E-state index contributed by atoms with van der Waals surface area (Å²) in [6.07, 6.45) is -0.366. The number of hydrogen-bond donors (Lipinski definition) is 2. The predicted octanol–water partition coefficient (Wildman–Crippen LogP) is 0.238. The van der Waals surface area contributed by atoms with Crippen molar-refractivity contribution in [2.24, 2.45) is 17.8 Å². The second-order valence-corrected chi connectivity index (χ2v) is 4.69. The summed E-state index contributed by atoms with van der Waals surface area (Å²) in [6, 6.07) is 0. The fraction of sp³-hybridized carbons (Fsp3) is 0.800. The Balaban J connectivity index is 2.02. The lowest BCUT2D eigenvalue weighted by atomic mass is 9.85. The van der Waals surface area contributed by atoms with E-state index in [9.17, 15) is 14.7 Å². The Morgan fingerprint density at radius 2 is 2.06 bits per heavy atom. The summed E-state index contributed by atoms with van der Waals surface area (Å²) in [5.41, 5.74) is 0. The van der Waals surface area contributed by atoms with Crippen LogP contribution in [0.5, 0.6) is 0 Å². The Labute approximate surface area is 97.3 Å². The van der Waals surface area contributed by atoms with Gasteiger partial charge >= 0.3 is 11.9 Å². The molecule has 2 rings (SSSR count). The van der Waals surface area contributed by atoms with Gasteiger partial charge in [0.15, 0.2) is 0 Å². The van der Waals surface area contributed by atoms with E-state index in [-0.39, 0.29) is 17.7 Å². The molecular formula is C10H13ClO5. The largest absolute Gasteiger partial charge is 0.481 e. The highest BCUT2D eigenvalue weighted by Crippen LogP contribution is 2.49. The van der Waals surface area contributed by atoms with Gasteiger partial charge < -0.3 is 14.9 Å². The first kappa shape index (κ1) is 11.7. The fourth-order valence-corrected chi connectivity index (χ4v) is 2.98. The van der Waals surface area contributed by atoms with Crippen molar-refractivity contribution in [1.82, 2.24) is 0 Å². The molecule has 2 aliphatic carbocycles. The number of alkyl halides is 1. The molecule has 0 spiro atoms. The van der Waals surface area contributed by atoms with E-state index in [1.54, 1.807) is 0 Å². The van der Waals surface area contributed by atoms with Crippen LogP contribution in [0.3, 0.4) is 0 Å². The standard InChI is InChI=1S/C10H13ClO5/c11-3-7(12)16-9-4-1-5(8(9)13)6(2-4)10(14)15/h4-6,8-9,13H,1-3H2,(H,14,15). The summed E-state index contributed by atoms with van der Waals surface area (Å²) in [5.74, 6) is -2.54. The molecule has 90 valence electrons. The second-order valence-electron chi connectivity index (χ2n) is 4.42. The average molecular weight is 249 g/mol. The molecule has 0 aromatic rings. The number of fused-ring (bicyclic) bond motifs is 2. The predicted molar refractivity (Wildman–Crippen MR) is 53.9 cm³/mol. The van der Waals surface area contributed by atoms with Crippen LogP contribution < -0.4 is 0 Å². The van der Waals surface area contributed by atoms with Gasteiger partial charge in [-0.15, -0.1) is 11.6 Å². The number of hydrogen-bond acceptors (Lipinski definition) is 4. The van der Waals surface area contributed by atoms with E-state index in [1.807, 2.05) is 0 Å². The Morgan fingerprint density at radius 3 is 2.56 bits per heavy atom. The van der Waals surface area contributed by atoms with E-state index in [4.69, 9.17) is 21.4 Å². The number of aliphatic hydroxyl groups is 1. The Bertz CT molecular complexity index is 316. The Morgan fingerprint density at radius 1 is 1.38 bits per heavy atom. The van der Waals surface area contributed by atoms with E-state index in [0.717, 1.165) is 0 Å². The quantitative estimate of drug-likeness (QED) is 0.552. The van der Waals surface area contributed by atoms with Gasteiger partial charge in [-0.25, -0.2) is 0 Å². The zero-order valence-electron chi connectivity index (χ0n) is 8.51. The van der Waals surface area contributed by atoms with Gasteiger partial charge in [-0.2, -0.15) is 0 Å². The Hall–Kier alpha value is -0.810. The molecule has 2 aliphatic rings. The van der Waals surface area contributed by atoms with Crippen molar-refractivity contribution in [2.75, 3.05) is 5.88 Å². The highest BCUT2D eigenvalue weighted by molar-refractivity contribution is 6.26. The lowest BCUT2D eigenvalue weighted by Crippen LogP contribution is -2.42. The number of carbonyl (C=O) groups is 2. The molecule has 0 saturated heterocycles. The first-order chi connectivity index (χ1) is 7.54. The third kappa shape index (κ3) is 1.78. The monoisotopic (exact) mass is 248 g/mol. The minimum absolute atomic E-state index is 0.0479. The van der Waals surface area contributed by atoms with Crippen LogP contribution in [-0.2, 0) is 14.3 Å². The molecule has 0 radical (unpaired) electrons. The first-order valence-corrected chi connectivity index (χ1v) is 5.74. The highest BCUT2D eigenvalue weighted by atomic mass is 35.5. The number of carboxylic acid groups (broad SMARTS) is 1. The number of aliphatic hydroxyl groups excluding tert-OH is 1. The summed E-state index contributed by atoms with van der Waals surface area (Å²) in [5, 5.41) is 18.8. The maximum absolute atomic E-state index is 11.0. The number of rotatable bonds is 3. The van der Waals surface area contributed by atoms with Gasteiger partial charge in [0, 0.05) is 5.92 Å². The lowest BCUT2D eigenvalue weighted by Gasteiger charge is -2.30. The van der Waals surface area contributed by atoms with Crippen LogP contribution >= 0.6 is 11.6 Å². The molecule has 16 heavy (non-hydrogen) atoms. The molecule has 5 atom stereocenters. The van der Waals surface area contributed by atoms with Crippen molar-refractivity contribution in [2.45, 2.75) is 25.0 Å². The summed E-state index contributed by atoms with van der Waals surface area (Å²) >= 11 is 5.31. The van der Waals surface area contributed by atoms with Crippen molar-refractivity contribution >= 4 is 23.5 Å². The van der Waals surface area contributed by atoms with Crippen molar-refractivity contribution in [1.29, 1.82) is 0 Å². The molecule has 0 aromatic carbocycles. The molecule has 2 N–H and O–H groups in total. The van der Waals surface area contributed by atoms with E-state index in [0.29, 0.717) is 12.8 Å². The summed E-state index contributed by atoms with van der Waals surface area (Å²) in [4.78, 5) is 21.9. The van der Waals surface area contributed by atoms with E-state index in [2.05, 4.69) is 0 Å². The summed E-state index contributed by atoms with van der Waals surface area (Å²) in [7, 11) is 0. The molecule has 2 fully saturated rings. The third-order valence-corrected chi connectivity index (χ3v) is 3.80. The second kappa shape index (κ2) is 4.22. The maximum Gasteiger partial charge on any atom is 0.321 e. The normalized spacial score (nSPS) is 41.0. The topological polar surface area (TPSA) is 83.8 Å². The minimum Gasteiger partial charge on any atom is -0.481 e. The van der Waals surface area contributed by atoms with Crippen LogP contribution in [0, 0.1) is 17.8 Å². The highest BCUT2D eigenvalue weighted by Gasteiger charge is 2.56. The molecule has 0 heterocycles. The zero-order chi connectivity index (χ0) is 11.9. The van der Waals surface area contributed by atoms with Crippen LogP contribution in [0.25, 0.3) is 0 Å². The summed E-state index contributed by atoms with van der Waals surface area (Å²) in [6.45, 7) is 0. The van der Waals surface area contributed by atoms with Gasteiger partial charge in [0.1, 0.15) is 12.0 Å². The molecular weight excluding hydrogens is 236 g/mol. The van der Waals surface area contributed by atoms with Crippen LogP contribution in [-0.4, -0.2) is 40.2 Å². The van der Waals surface area contributed by atoms with E-state index in [1.165, 1.54) is 0 Å². The lowest BCUT2D eigenvalue weighted by molar-refractivity contribution is -0.160. The first-order valence-electron chi connectivity index (χ1n) is 5.21. The van der Waals surface area contributed by atoms with Crippen molar-refractivity contribution in [3.8, 4) is 0 Å². The van der Waals surface area contributed by atoms with Gasteiger partial charge in [-0.3, -0.25) is 9.59 Å². The number of carboxylic acids is 1. The van der Waals surface area contributed by atoms with Crippen LogP contribution in [0.1, 0.15) is 12.8 Å². The molecule has 5 nitrogen and oxygen atoms in total. The zero-order valence-corrected chi connectivity index (χ0v) is 9.26. The molecule has 0 aromatic heterocycles. The number of ether oxygens (including phenoxy) is 1. The fourth-order valence-electron chi connectivity index (χ4n) is 2.91. The summed E-state index contributed by atoms with van der Waals surface area (Å²) < 4.78 is 5.02. The third-order valence-electron chi connectivity index (χ3n) is 3.58. The van der Waals surface area contributed by atoms with Crippen LogP contribution in [0.15, 0.2) is 0 Å². The van der Waals surface area contributed by atoms with Crippen LogP contribution in [0.4, 0.5) is 0 Å². The van der Waals surface area contributed by atoms with E-state index < -0.39 is 30.1 Å². The molecule has 2 saturated carbocycles. The Kier molecular flexibility index (Phi) is 3.08. The van der Waals surface area contributed by atoms with E-state index >= 15 is 0 Å². The van der Waals surface area contributed by atoms with Crippen molar-refractivity contribution < 1.29 is 24.5 Å². The molecule has 5 unspecified atom stereocenters. The molecule has 6 heteroatoms. The average Bonchev–Trinajstić information content (AvgIpc) is 2.78. The van der Waals surface area contributed by atoms with Crippen molar-refractivity contribution in [3.05, 3.63) is 0 Å². The van der Waals surface area contributed by atoms with Gasteiger partial charge in [0.2, 0.25) is 0 Å². The number of halogens is 1. The molecule has 2 bridgehead atoms. The van der Waals surface area contributed by atoms with Crippen LogP contribution in [0.2, 0.25) is 0 Å². The maximum atomic E-state index is 11.0. The molecule has 0 aliphatic heterocycles. The van der Waals surface area contributed by atoms with Gasteiger partial charge in [-0.1, -0.05) is 0 Å². The van der Waals surface area contributed by atoms with Gasteiger partial charge in [0.25, 0.3) is 0 Å². The van der Waals surface area contributed by atoms with Gasteiger partial charge in [-0.05, 0) is 18.8 Å². The molecule has 0 amide bonds. The van der Waals surface area contributed by atoms with Crippen molar-refractivity contribution in [3.63, 3.8) is 0 Å². The SMILES string of the molecule is O=C(CCl)OC1C2CC(C(=O)O)C(C2)C1O.